The lowest BCUT2D eigenvalue weighted by Crippen LogP contribution is -2.24. The highest BCUT2D eigenvalue weighted by Gasteiger charge is 2.16. The fourth-order valence-electron chi connectivity index (χ4n) is 2.96. The SMILES string of the molecule is CCC1(CC)[C-]=CC(=C(c2ccccc2)c2ccccc2)C=N1. The van der Waals surface area contributed by atoms with E-state index in [1.807, 2.05) is 18.3 Å². The van der Waals surface area contributed by atoms with Crippen LogP contribution in [-0.4, -0.2) is 11.8 Å². The summed E-state index contributed by atoms with van der Waals surface area (Å²) in [5.74, 6) is 0. The van der Waals surface area contributed by atoms with Gasteiger partial charge in [0.2, 0.25) is 0 Å². The summed E-state index contributed by atoms with van der Waals surface area (Å²) in [4.78, 5) is 4.83. The van der Waals surface area contributed by atoms with Crippen molar-refractivity contribution in [3.8, 4) is 0 Å². The molecular formula is C22H22N-. The second-order valence-electron chi connectivity index (χ2n) is 5.85. The van der Waals surface area contributed by atoms with Crippen LogP contribution in [0.15, 0.2) is 77.3 Å². The molecule has 1 nitrogen and oxygen atoms in total. The van der Waals surface area contributed by atoms with Crippen molar-refractivity contribution in [2.24, 2.45) is 4.99 Å². The molecule has 0 aliphatic carbocycles. The number of hydrogen-bond donors (Lipinski definition) is 0. The molecule has 0 spiro atoms. The molecule has 0 N–H and O–H groups in total. The van der Waals surface area contributed by atoms with E-state index in [0.717, 1.165) is 18.4 Å². The Balaban J connectivity index is 2.13. The van der Waals surface area contributed by atoms with Gasteiger partial charge in [0.1, 0.15) is 0 Å². The minimum absolute atomic E-state index is 0.151. The first-order valence-corrected chi connectivity index (χ1v) is 8.29. The summed E-state index contributed by atoms with van der Waals surface area (Å²) in [6, 6.07) is 21.0. The van der Waals surface area contributed by atoms with Crippen molar-refractivity contribution in [1.29, 1.82) is 0 Å². The smallest absolute Gasteiger partial charge is 0.00412 e. The predicted octanol–water partition coefficient (Wildman–Crippen LogP) is 5.49. The second-order valence-corrected chi connectivity index (χ2v) is 5.85. The van der Waals surface area contributed by atoms with E-state index >= 15 is 0 Å². The van der Waals surface area contributed by atoms with Gasteiger partial charge in [0, 0.05) is 5.54 Å². The van der Waals surface area contributed by atoms with Gasteiger partial charge in [-0.3, -0.25) is 0 Å². The highest BCUT2D eigenvalue weighted by Crippen LogP contribution is 2.31. The van der Waals surface area contributed by atoms with Gasteiger partial charge in [0.25, 0.3) is 0 Å². The van der Waals surface area contributed by atoms with Crippen LogP contribution in [0, 0.1) is 6.08 Å². The number of nitrogens with zero attached hydrogens (tertiary/aromatic N) is 1. The molecule has 0 radical (unpaired) electrons. The zero-order chi connectivity index (χ0) is 16.1. The number of allylic oxidation sites excluding steroid dienone is 2. The quantitative estimate of drug-likeness (QED) is 0.662. The maximum Gasteiger partial charge on any atom is 0.00412 e. The average molecular weight is 300 g/mol. The zero-order valence-electron chi connectivity index (χ0n) is 13.8. The molecule has 0 atom stereocenters. The van der Waals surface area contributed by atoms with Crippen LogP contribution in [0.5, 0.6) is 0 Å². The first-order valence-electron chi connectivity index (χ1n) is 8.29. The molecule has 0 fully saturated rings. The van der Waals surface area contributed by atoms with Crippen LogP contribution in [0.25, 0.3) is 5.57 Å². The third-order valence-electron chi connectivity index (χ3n) is 4.53. The largest absolute Gasteiger partial charge is 0.320 e. The van der Waals surface area contributed by atoms with Crippen LogP contribution < -0.4 is 0 Å². The predicted molar refractivity (Wildman–Crippen MR) is 98.5 cm³/mol. The van der Waals surface area contributed by atoms with E-state index in [1.54, 1.807) is 0 Å². The van der Waals surface area contributed by atoms with Crippen molar-refractivity contribution in [1.82, 2.24) is 0 Å². The van der Waals surface area contributed by atoms with Crippen LogP contribution in [0.1, 0.15) is 37.8 Å². The van der Waals surface area contributed by atoms with Crippen LogP contribution in [-0.2, 0) is 0 Å². The third-order valence-corrected chi connectivity index (χ3v) is 4.53. The summed E-state index contributed by atoms with van der Waals surface area (Å²) in [7, 11) is 0. The van der Waals surface area contributed by atoms with E-state index in [2.05, 4.69) is 74.5 Å². The van der Waals surface area contributed by atoms with Gasteiger partial charge in [-0.1, -0.05) is 86.3 Å². The zero-order valence-corrected chi connectivity index (χ0v) is 13.8. The number of rotatable bonds is 4. The molecule has 2 aromatic rings. The fraction of sp³-hybridized carbons (Fsp3) is 0.227. The molecule has 0 aromatic heterocycles. The van der Waals surface area contributed by atoms with Gasteiger partial charge in [-0.2, -0.15) is 0 Å². The molecule has 3 rings (SSSR count). The summed E-state index contributed by atoms with van der Waals surface area (Å²) >= 11 is 0. The van der Waals surface area contributed by atoms with Gasteiger partial charge >= 0.3 is 0 Å². The van der Waals surface area contributed by atoms with Crippen LogP contribution >= 0.6 is 0 Å². The van der Waals surface area contributed by atoms with Gasteiger partial charge in [-0.05, 0) is 24.0 Å². The number of aliphatic imine (C=N–C) groups is 1. The van der Waals surface area contributed by atoms with Gasteiger partial charge in [0.15, 0.2) is 0 Å². The molecule has 1 aliphatic heterocycles. The molecule has 1 heterocycles. The molecule has 0 saturated heterocycles. The fourth-order valence-corrected chi connectivity index (χ4v) is 2.96. The Morgan fingerprint density at radius 2 is 1.39 bits per heavy atom. The number of hydrogen-bond acceptors (Lipinski definition) is 1. The van der Waals surface area contributed by atoms with E-state index in [0.29, 0.717) is 0 Å². The van der Waals surface area contributed by atoms with Crippen molar-refractivity contribution in [2.45, 2.75) is 32.2 Å². The molecule has 1 heteroatoms. The lowest BCUT2D eigenvalue weighted by atomic mass is 9.87. The van der Waals surface area contributed by atoms with E-state index in [1.165, 1.54) is 16.7 Å². The van der Waals surface area contributed by atoms with Crippen molar-refractivity contribution in [2.75, 3.05) is 0 Å². The van der Waals surface area contributed by atoms with Crippen molar-refractivity contribution >= 4 is 11.8 Å². The molecule has 1 aliphatic rings. The van der Waals surface area contributed by atoms with Gasteiger partial charge in [0.05, 0.1) is 0 Å². The minimum Gasteiger partial charge on any atom is -0.320 e. The summed E-state index contributed by atoms with van der Waals surface area (Å²) in [6.45, 7) is 4.34. The maximum absolute atomic E-state index is 4.83. The van der Waals surface area contributed by atoms with Crippen molar-refractivity contribution in [3.63, 3.8) is 0 Å². The van der Waals surface area contributed by atoms with E-state index in [9.17, 15) is 0 Å². The Labute approximate surface area is 139 Å². The van der Waals surface area contributed by atoms with Crippen molar-refractivity contribution < 1.29 is 0 Å². The summed E-state index contributed by atoms with van der Waals surface area (Å²) < 4.78 is 0. The maximum atomic E-state index is 4.83. The van der Waals surface area contributed by atoms with E-state index in [4.69, 9.17) is 4.99 Å². The van der Waals surface area contributed by atoms with Crippen LogP contribution in [0.3, 0.4) is 0 Å². The lowest BCUT2D eigenvalue weighted by Gasteiger charge is -2.34. The summed E-state index contributed by atoms with van der Waals surface area (Å²) in [5.41, 5.74) is 4.60. The molecular weight excluding hydrogens is 278 g/mol. The number of benzene rings is 2. The molecule has 0 unspecified atom stereocenters. The molecule has 0 bridgehead atoms. The Bertz CT molecular complexity index is 673. The molecule has 116 valence electrons. The molecule has 0 saturated carbocycles. The molecule has 23 heavy (non-hydrogen) atoms. The summed E-state index contributed by atoms with van der Waals surface area (Å²) in [6.07, 6.45) is 9.63. The standard InChI is InChI=1S/C22H22N/c1-3-22(4-2)16-15-20(17-23-22)21(18-11-7-5-8-12-18)19-13-9-6-10-14-19/h5-15,17H,3-4H2,1-2H3/q-1. The summed E-state index contributed by atoms with van der Waals surface area (Å²) in [5, 5.41) is 0. The van der Waals surface area contributed by atoms with E-state index < -0.39 is 0 Å². The first kappa shape index (κ1) is 15.5. The second kappa shape index (κ2) is 6.78. The Morgan fingerprint density at radius 1 is 0.870 bits per heavy atom. The Kier molecular flexibility index (Phi) is 4.57. The molecule has 0 amide bonds. The van der Waals surface area contributed by atoms with E-state index in [-0.39, 0.29) is 5.54 Å². The van der Waals surface area contributed by atoms with Gasteiger partial charge < -0.3 is 4.99 Å². The lowest BCUT2D eigenvalue weighted by molar-refractivity contribution is 0.481. The molecule has 2 aromatic carbocycles. The highest BCUT2D eigenvalue weighted by molar-refractivity contribution is 6.00. The topological polar surface area (TPSA) is 12.4 Å². The van der Waals surface area contributed by atoms with Gasteiger partial charge in [-0.15, -0.1) is 5.57 Å². The minimum atomic E-state index is -0.151. The monoisotopic (exact) mass is 300 g/mol. The Morgan fingerprint density at radius 3 is 1.78 bits per heavy atom. The highest BCUT2D eigenvalue weighted by atomic mass is 14.8. The van der Waals surface area contributed by atoms with Crippen molar-refractivity contribution in [3.05, 3.63) is 89.5 Å². The number of dihydropyridines is 1. The van der Waals surface area contributed by atoms with Crippen LogP contribution in [0.4, 0.5) is 0 Å². The Hall–Kier alpha value is -2.41. The average Bonchev–Trinajstić information content (AvgIpc) is 2.65. The normalized spacial score (nSPS) is 15.7. The first-order chi connectivity index (χ1) is 11.3. The third kappa shape index (κ3) is 3.19. The van der Waals surface area contributed by atoms with Crippen LogP contribution in [0.2, 0.25) is 0 Å². The van der Waals surface area contributed by atoms with Gasteiger partial charge in [-0.25, -0.2) is 12.2 Å².